The number of amides is 1. The van der Waals surface area contributed by atoms with Gasteiger partial charge in [-0.05, 0) is 72.4 Å². The van der Waals surface area contributed by atoms with Gasteiger partial charge in [-0.15, -0.1) is 0 Å². The smallest absolute Gasteiger partial charge is 0.254 e. The van der Waals surface area contributed by atoms with Gasteiger partial charge >= 0.3 is 0 Å². The van der Waals surface area contributed by atoms with E-state index in [2.05, 4.69) is 37.7 Å². The Bertz CT molecular complexity index is 1230. The van der Waals surface area contributed by atoms with E-state index in [-0.39, 0.29) is 24.2 Å². The molecule has 194 valence electrons. The zero-order chi connectivity index (χ0) is 25.6. The third kappa shape index (κ3) is 4.93. The van der Waals surface area contributed by atoms with Crippen molar-refractivity contribution in [2.75, 3.05) is 32.7 Å². The summed E-state index contributed by atoms with van der Waals surface area (Å²) in [6, 6.07) is 4.06. The zero-order valence-electron chi connectivity index (χ0n) is 22.5. The monoisotopic (exact) mass is 493 g/mol. The summed E-state index contributed by atoms with van der Waals surface area (Å²) < 4.78 is 13.6. The maximum absolute atomic E-state index is 13.9. The fourth-order valence-corrected chi connectivity index (χ4v) is 5.88. The lowest BCUT2D eigenvalue weighted by atomic mass is 9.95. The molecule has 2 saturated heterocycles. The summed E-state index contributed by atoms with van der Waals surface area (Å²) in [6.45, 7) is 17.0. The first kappa shape index (κ1) is 25.0. The number of aryl methyl sites for hydroxylation is 2. The van der Waals surface area contributed by atoms with Crippen LogP contribution in [0.5, 0.6) is 0 Å². The van der Waals surface area contributed by atoms with Gasteiger partial charge in [-0.3, -0.25) is 9.69 Å². The Morgan fingerprint density at radius 1 is 1.11 bits per heavy atom. The second-order valence-electron chi connectivity index (χ2n) is 11.0. The lowest BCUT2D eigenvalue weighted by Gasteiger charge is -2.39. The van der Waals surface area contributed by atoms with E-state index in [1.54, 1.807) is 6.20 Å². The molecule has 0 aliphatic carbocycles. The Kier molecular flexibility index (Phi) is 6.92. The fraction of sp³-hybridized carbons (Fsp3) is 0.607. The molecule has 5 heterocycles. The summed E-state index contributed by atoms with van der Waals surface area (Å²) in [5, 5.41) is 5.39. The Morgan fingerprint density at radius 3 is 2.42 bits per heavy atom. The number of carbonyl (C=O) groups excluding carboxylic acids is 1. The van der Waals surface area contributed by atoms with Crippen molar-refractivity contribution < 1.29 is 13.9 Å². The van der Waals surface area contributed by atoms with E-state index in [0.717, 1.165) is 79.4 Å². The van der Waals surface area contributed by atoms with Crippen molar-refractivity contribution in [3.05, 3.63) is 35.4 Å². The minimum absolute atomic E-state index is 0.0666. The third-order valence-electron chi connectivity index (χ3n) is 7.52. The van der Waals surface area contributed by atoms with Crippen molar-refractivity contribution in [1.29, 1.82) is 0 Å². The lowest BCUT2D eigenvalue weighted by Crippen LogP contribution is -2.48. The van der Waals surface area contributed by atoms with Crippen LogP contribution in [0.3, 0.4) is 0 Å². The molecule has 0 spiro atoms. The van der Waals surface area contributed by atoms with Gasteiger partial charge in [0, 0.05) is 44.3 Å². The Morgan fingerprint density at radius 2 is 1.81 bits per heavy atom. The molecule has 2 unspecified atom stereocenters. The minimum atomic E-state index is 0.0666. The predicted molar refractivity (Wildman–Crippen MR) is 140 cm³/mol. The minimum Gasteiger partial charge on any atom is -0.466 e. The molecule has 1 amide bonds. The number of fused-ring (bicyclic) bond motifs is 1. The fourth-order valence-electron chi connectivity index (χ4n) is 5.88. The molecule has 5 rings (SSSR count). The van der Waals surface area contributed by atoms with Crippen LogP contribution < -0.4 is 0 Å². The van der Waals surface area contributed by atoms with Gasteiger partial charge in [0.1, 0.15) is 11.5 Å². The van der Waals surface area contributed by atoms with Crippen LogP contribution in [0.1, 0.15) is 68.5 Å². The molecule has 8 nitrogen and oxygen atoms in total. The number of hydrogen-bond donors (Lipinski definition) is 0. The third-order valence-corrected chi connectivity index (χ3v) is 7.52. The largest absolute Gasteiger partial charge is 0.466 e. The van der Waals surface area contributed by atoms with Crippen LogP contribution in [0.15, 0.2) is 22.7 Å². The second kappa shape index (κ2) is 9.98. The highest BCUT2D eigenvalue weighted by Gasteiger charge is 2.30. The summed E-state index contributed by atoms with van der Waals surface area (Å²) in [4.78, 5) is 23.3. The molecule has 2 aliphatic rings. The van der Waals surface area contributed by atoms with Crippen molar-refractivity contribution in [3.63, 3.8) is 0 Å². The van der Waals surface area contributed by atoms with Crippen LogP contribution in [0.25, 0.3) is 22.3 Å². The van der Waals surface area contributed by atoms with Crippen molar-refractivity contribution in [2.45, 2.75) is 72.6 Å². The van der Waals surface area contributed by atoms with Gasteiger partial charge in [-0.25, -0.2) is 9.67 Å². The molecule has 2 atom stereocenters. The predicted octanol–water partition coefficient (Wildman–Crippen LogP) is 4.85. The SMILES string of the molecule is Cc1cc(-c2cc(C(=O)N3CCC(CN4CC(C)OC(C)C4)CC3)c3cnn(C(C)C)c3n2)c(C)o1. The number of piperidine rings is 1. The van der Waals surface area contributed by atoms with E-state index in [9.17, 15) is 4.79 Å². The van der Waals surface area contributed by atoms with Crippen molar-refractivity contribution in [1.82, 2.24) is 24.6 Å². The summed E-state index contributed by atoms with van der Waals surface area (Å²) in [5.41, 5.74) is 3.10. The number of aromatic nitrogens is 3. The summed E-state index contributed by atoms with van der Waals surface area (Å²) in [7, 11) is 0. The lowest BCUT2D eigenvalue weighted by molar-refractivity contribution is -0.0728. The van der Waals surface area contributed by atoms with E-state index in [1.165, 1.54) is 0 Å². The van der Waals surface area contributed by atoms with Gasteiger partial charge in [0.25, 0.3) is 5.91 Å². The second-order valence-corrected chi connectivity index (χ2v) is 11.0. The number of pyridine rings is 1. The molecule has 0 N–H and O–H groups in total. The molecule has 0 aromatic carbocycles. The van der Waals surface area contributed by atoms with Crippen molar-refractivity contribution in [2.24, 2.45) is 5.92 Å². The molecule has 2 aliphatic heterocycles. The van der Waals surface area contributed by atoms with Crippen molar-refractivity contribution in [3.8, 4) is 11.3 Å². The van der Waals surface area contributed by atoms with E-state index < -0.39 is 0 Å². The number of likely N-dealkylation sites (tertiary alicyclic amines) is 1. The number of carbonyl (C=O) groups is 1. The Labute approximate surface area is 213 Å². The summed E-state index contributed by atoms with van der Waals surface area (Å²) in [5.74, 6) is 2.32. The van der Waals surface area contributed by atoms with Crippen LogP contribution in [0.2, 0.25) is 0 Å². The molecular formula is C28H39N5O3. The molecule has 0 radical (unpaired) electrons. The molecular weight excluding hydrogens is 454 g/mol. The zero-order valence-corrected chi connectivity index (χ0v) is 22.5. The van der Waals surface area contributed by atoms with Crippen LogP contribution >= 0.6 is 0 Å². The number of nitrogens with zero attached hydrogens (tertiary/aromatic N) is 5. The number of ether oxygens (including phenoxy) is 1. The van der Waals surface area contributed by atoms with Gasteiger partial charge in [-0.1, -0.05) is 0 Å². The maximum atomic E-state index is 13.9. The Balaban J connectivity index is 1.37. The van der Waals surface area contributed by atoms with Crippen LogP contribution in [0, 0.1) is 19.8 Å². The van der Waals surface area contributed by atoms with E-state index in [4.69, 9.17) is 14.1 Å². The van der Waals surface area contributed by atoms with E-state index in [1.807, 2.05) is 35.6 Å². The molecule has 0 saturated carbocycles. The average molecular weight is 494 g/mol. The summed E-state index contributed by atoms with van der Waals surface area (Å²) in [6.07, 6.45) is 4.41. The highest BCUT2D eigenvalue weighted by Crippen LogP contribution is 2.31. The molecule has 3 aromatic rings. The Hall–Kier alpha value is -2.71. The first-order valence-corrected chi connectivity index (χ1v) is 13.3. The van der Waals surface area contributed by atoms with Gasteiger partial charge in [0.15, 0.2) is 5.65 Å². The normalized spacial score (nSPS) is 22.1. The van der Waals surface area contributed by atoms with Gasteiger partial charge in [0.05, 0.1) is 35.0 Å². The highest BCUT2D eigenvalue weighted by atomic mass is 16.5. The van der Waals surface area contributed by atoms with Crippen LogP contribution in [-0.4, -0.2) is 75.4 Å². The number of furan rings is 1. The van der Waals surface area contributed by atoms with Gasteiger partial charge in [0.2, 0.25) is 0 Å². The highest BCUT2D eigenvalue weighted by molar-refractivity contribution is 6.06. The number of rotatable bonds is 5. The molecule has 36 heavy (non-hydrogen) atoms. The first-order chi connectivity index (χ1) is 17.2. The molecule has 0 bridgehead atoms. The summed E-state index contributed by atoms with van der Waals surface area (Å²) >= 11 is 0. The van der Waals surface area contributed by atoms with Gasteiger partial charge < -0.3 is 14.1 Å². The van der Waals surface area contributed by atoms with E-state index in [0.29, 0.717) is 11.5 Å². The quantitative estimate of drug-likeness (QED) is 0.506. The number of morpholine rings is 1. The van der Waals surface area contributed by atoms with Crippen molar-refractivity contribution >= 4 is 16.9 Å². The molecule has 3 aromatic heterocycles. The average Bonchev–Trinajstić information content (AvgIpc) is 3.40. The number of hydrogen-bond acceptors (Lipinski definition) is 6. The standard InChI is InChI=1S/C28H39N5O3/c1-17(2)33-27-25(13-29-33)24(12-26(30-27)23-11-18(3)36-21(23)6)28(34)32-9-7-22(8-10-32)16-31-14-19(4)35-20(5)15-31/h11-13,17,19-20,22H,7-10,14-16H2,1-6H3. The van der Waals surface area contributed by atoms with Crippen LogP contribution in [-0.2, 0) is 4.74 Å². The first-order valence-electron chi connectivity index (χ1n) is 13.3. The molecule has 2 fully saturated rings. The van der Waals surface area contributed by atoms with Gasteiger partial charge in [-0.2, -0.15) is 5.10 Å². The maximum Gasteiger partial charge on any atom is 0.254 e. The molecule has 8 heteroatoms. The van der Waals surface area contributed by atoms with Crippen LogP contribution in [0.4, 0.5) is 0 Å². The van der Waals surface area contributed by atoms with E-state index >= 15 is 0 Å². The topological polar surface area (TPSA) is 76.6 Å².